The molecule has 1 N–H and O–H groups in total. The minimum Gasteiger partial charge on any atom is -0.421 e. The zero-order chi connectivity index (χ0) is 19.8. The van der Waals surface area contributed by atoms with Crippen LogP contribution in [0.4, 0.5) is 5.13 Å². The van der Waals surface area contributed by atoms with E-state index >= 15 is 0 Å². The number of anilines is 1. The summed E-state index contributed by atoms with van der Waals surface area (Å²) in [6.45, 7) is 0. The summed E-state index contributed by atoms with van der Waals surface area (Å²) in [5, 5.41) is 6.38. The van der Waals surface area contributed by atoms with Gasteiger partial charge in [0.1, 0.15) is 5.56 Å². The standard InChI is InChI=1S/C19H9Cl3N2O3S/c20-11-3-1-9(2-4-11)15-8-28-19(23-15)24-17(25)13-6-10-5-12(21)7-14(22)16(10)27-18(13)26/h1-8H,(H,23,24,25). The van der Waals surface area contributed by atoms with Crippen molar-refractivity contribution in [3.05, 3.63) is 78.9 Å². The second-order valence-electron chi connectivity index (χ2n) is 5.75. The molecule has 28 heavy (non-hydrogen) atoms. The van der Waals surface area contributed by atoms with Crippen LogP contribution in [0.5, 0.6) is 0 Å². The lowest BCUT2D eigenvalue weighted by molar-refractivity contribution is 0.102. The molecular formula is C19H9Cl3N2O3S. The Balaban J connectivity index is 1.63. The normalized spacial score (nSPS) is 11.0. The molecule has 2 aromatic heterocycles. The third-order valence-electron chi connectivity index (χ3n) is 3.86. The summed E-state index contributed by atoms with van der Waals surface area (Å²) in [4.78, 5) is 29.1. The molecule has 0 aliphatic heterocycles. The smallest absolute Gasteiger partial charge is 0.349 e. The van der Waals surface area contributed by atoms with E-state index in [4.69, 9.17) is 39.2 Å². The second-order valence-corrected chi connectivity index (χ2v) is 7.89. The Morgan fingerprint density at radius 1 is 1.04 bits per heavy atom. The zero-order valence-electron chi connectivity index (χ0n) is 13.8. The molecule has 0 aliphatic rings. The maximum absolute atomic E-state index is 12.6. The summed E-state index contributed by atoms with van der Waals surface area (Å²) in [6, 6.07) is 11.6. The monoisotopic (exact) mass is 450 g/mol. The highest BCUT2D eigenvalue weighted by molar-refractivity contribution is 7.14. The molecule has 140 valence electrons. The average Bonchev–Trinajstić information content (AvgIpc) is 3.11. The van der Waals surface area contributed by atoms with Crippen LogP contribution in [-0.2, 0) is 0 Å². The van der Waals surface area contributed by atoms with Crippen LogP contribution >= 0.6 is 46.1 Å². The lowest BCUT2D eigenvalue weighted by atomic mass is 10.2. The van der Waals surface area contributed by atoms with E-state index < -0.39 is 11.5 Å². The quantitative estimate of drug-likeness (QED) is 0.380. The molecule has 2 heterocycles. The van der Waals surface area contributed by atoms with Gasteiger partial charge in [0.15, 0.2) is 10.7 Å². The van der Waals surface area contributed by atoms with Gasteiger partial charge in [-0.15, -0.1) is 11.3 Å². The number of benzene rings is 2. The SMILES string of the molecule is O=C(Nc1nc(-c2ccc(Cl)cc2)cs1)c1cc2cc(Cl)cc(Cl)c2oc1=O. The van der Waals surface area contributed by atoms with E-state index in [0.29, 0.717) is 26.3 Å². The van der Waals surface area contributed by atoms with Gasteiger partial charge in [-0.1, -0.05) is 46.9 Å². The molecule has 9 heteroatoms. The fraction of sp³-hybridized carbons (Fsp3) is 0. The molecule has 0 spiro atoms. The average molecular weight is 452 g/mol. The fourth-order valence-electron chi connectivity index (χ4n) is 2.56. The number of hydrogen-bond acceptors (Lipinski definition) is 5. The number of hydrogen-bond donors (Lipinski definition) is 1. The molecule has 4 rings (SSSR count). The topological polar surface area (TPSA) is 72.2 Å². The van der Waals surface area contributed by atoms with Crippen molar-refractivity contribution in [1.29, 1.82) is 0 Å². The maximum atomic E-state index is 12.6. The van der Waals surface area contributed by atoms with E-state index in [-0.39, 0.29) is 16.2 Å². The number of thiazole rings is 1. The van der Waals surface area contributed by atoms with Crippen molar-refractivity contribution in [3.63, 3.8) is 0 Å². The largest absolute Gasteiger partial charge is 0.421 e. The van der Waals surface area contributed by atoms with Gasteiger partial charge in [-0.25, -0.2) is 9.78 Å². The number of amides is 1. The highest BCUT2D eigenvalue weighted by Gasteiger charge is 2.17. The summed E-state index contributed by atoms with van der Waals surface area (Å²) >= 11 is 19.1. The van der Waals surface area contributed by atoms with E-state index in [9.17, 15) is 9.59 Å². The summed E-state index contributed by atoms with van der Waals surface area (Å²) in [5.41, 5.74) is 0.737. The molecule has 0 aliphatic carbocycles. The van der Waals surface area contributed by atoms with Crippen molar-refractivity contribution in [1.82, 2.24) is 4.98 Å². The molecular weight excluding hydrogens is 443 g/mol. The minimum absolute atomic E-state index is 0.172. The van der Waals surface area contributed by atoms with Crippen LogP contribution in [0.1, 0.15) is 10.4 Å². The molecule has 0 fully saturated rings. The van der Waals surface area contributed by atoms with E-state index in [0.717, 1.165) is 5.56 Å². The highest BCUT2D eigenvalue weighted by Crippen LogP contribution is 2.28. The van der Waals surface area contributed by atoms with Crippen LogP contribution in [0.3, 0.4) is 0 Å². The van der Waals surface area contributed by atoms with Gasteiger partial charge in [-0.3, -0.25) is 10.1 Å². The van der Waals surface area contributed by atoms with E-state index in [1.54, 1.807) is 23.6 Å². The van der Waals surface area contributed by atoms with Crippen molar-refractivity contribution in [2.75, 3.05) is 5.32 Å². The lowest BCUT2D eigenvalue weighted by Gasteiger charge is -2.04. The number of nitrogens with zero attached hydrogens (tertiary/aromatic N) is 1. The van der Waals surface area contributed by atoms with Gasteiger partial charge in [-0.2, -0.15) is 0 Å². The third-order valence-corrected chi connectivity index (χ3v) is 5.37. The molecule has 0 atom stereocenters. The molecule has 0 saturated carbocycles. The molecule has 0 bridgehead atoms. The molecule has 5 nitrogen and oxygen atoms in total. The van der Waals surface area contributed by atoms with Crippen LogP contribution in [0, 0.1) is 0 Å². The van der Waals surface area contributed by atoms with Crippen molar-refractivity contribution in [3.8, 4) is 11.3 Å². The van der Waals surface area contributed by atoms with Crippen LogP contribution in [0.15, 0.2) is 57.1 Å². The van der Waals surface area contributed by atoms with Crippen molar-refractivity contribution in [2.24, 2.45) is 0 Å². The molecule has 0 radical (unpaired) electrons. The second kappa shape index (κ2) is 7.56. The van der Waals surface area contributed by atoms with Gasteiger partial charge in [0.25, 0.3) is 5.91 Å². The van der Waals surface area contributed by atoms with Gasteiger partial charge in [0.2, 0.25) is 0 Å². The van der Waals surface area contributed by atoms with Gasteiger partial charge >= 0.3 is 5.63 Å². The summed E-state index contributed by atoms with van der Waals surface area (Å²) in [7, 11) is 0. The third kappa shape index (κ3) is 3.77. The van der Waals surface area contributed by atoms with Crippen molar-refractivity contribution < 1.29 is 9.21 Å². The maximum Gasteiger partial charge on any atom is 0.349 e. The van der Waals surface area contributed by atoms with Gasteiger partial charge in [0.05, 0.1) is 10.7 Å². The lowest BCUT2D eigenvalue weighted by Crippen LogP contribution is -2.20. The van der Waals surface area contributed by atoms with Gasteiger partial charge in [-0.05, 0) is 30.3 Å². The Hall–Kier alpha value is -2.38. The van der Waals surface area contributed by atoms with Crippen LogP contribution in [0.2, 0.25) is 15.1 Å². The van der Waals surface area contributed by atoms with Crippen LogP contribution < -0.4 is 10.9 Å². The predicted molar refractivity (Wildman–Crippen MR) is 113 cm³/mol. The summed E-state index contributed by atoms with van der Waals surface area (Å²) < 4.78 is 5.19. The van der Waals surface area contributed by atoms with Crippen LogP contribution in [-0.4, -0.2) is 10.9 Å². The first kappa shape index (κ1) is 19.0. The van der Waals surface area contributed by atoms with E-state index in [1.807, 2.05) is 12.1 Å². The Morgan fingerprint density at radius 2 is 1.79 bits per heavy atom. The Bertz CT molecular complexity index is 1270. The first-order chi connectivity index (χ1) is 13.4. The number of fused-ring (bicyclic) bond motifs is 1. The highest BCUT2D eigenvalue weighted by atomic mass is 35.5. The Labute approximate surface area is 177 Å². The molecule has 0 saturated heterocycles. The summed E-state index contributed by atoms with van der Waals surface area (Å²) in [5.74, 6) is -0.635. The number of carbonyl (C=O) groups is 1. The molecule has 1 amide bonds. The van der Waals surface area contributed by atoms with Crippen molar-refractivity contribution >= 4 is 68.1 Å². The minimum atomic E-state index is -0.802. The number of rotatable bonds is 3. The number of aromatic nitrogens is 1. The first-order valence-electron chi connectivity index (χ1n) is 7.86. The Morgan fingerprint density at radius 3 is 2.54 bits per heavy atom. The van der Waals surface area contributed by atoms with Crippen molar-refractivity contribution in [2.45, 2.75) is 0 Å². The fourth-order valence-corrected chi connectivity index (χ4v) is 3.95. The van der Waals surface area contributed by atoms with Crippen LogP contribution in [0.25, 0.3) is 22.2 Å². The predicted octanol–water partition coefficient (Wildman–Crippen LogP) is 6.13. The van der Waals surface area contributed by atoms with E-state index in [1.165, 1.54) is 23.5 Å². The number of carbonyl (C=O) groups excluding carboxylic acids is 1. The number of nitrogens with one attached hydrogen (secondary N) is 1. The van der Waals surface area contributed by atoms with Gasteiger partial charge in [0, 0.05) is 26.4 Å². The summed E-state index contributed by atoms with van der Waals surface area (Å²) in [6.07, 6.45) is 0. The van der Waals surface area contributed by atoms with Gasteiger partial charge < -0.3 is 4.42 Å². The van der Waals surface area contributed by atoms with E-state index in [2.05, 4.69) is 10.3 Å². The number of halogens is 3. The molecule has 0 unspecified atom stereocenters. The molecule has 2 aromatic carbocycles. The molecule has 4 aromatic rings. The zero-order valence-corrected chi connectivity index (χ0v) is 16.9. The first-order valence-corrected chi connectivity index (χ1v) is 9.88. The Kier molecular flexibility index (Phi) is 5.12.